The third-order valence-electron chi connectivity index (χ3n) is 2.84. The third kappa shape index (κ3) is 7.23. The van der Waals surface area contributed by atoms with Gasteiger partial charge < -0.3 is 31.9 Å². The van der Waals surface area contributed by atoms with Gasteiger partial charge in [-0.3, -0.25) is 0 Å². The molecule has 0 aromatic heterocycles. The molecule has 9 heteroatoms. The summed E-state index contributed by atoms with van der Waals surface area (Å²) in [5, 5.41) is 16.0. The number of carbonyl (C=O) groups is 3. The molecule has 0 aliphatic carbocycles. The average Bonchev–Trinajstić information content (AvgIpc) is 2.40. The highest BCUT2D eigenvalue weighted by atomic mass is 16.2. The SMILES string of the molecule is CC1CNC(=O)N[C@@H](C)CNC(=O)N[C@@H](C)CNC(=O)N1. The molecule has 6 amide bonds. The van der Waals surface area contributed by atoms with Crippen LogP contribution in [0.25, 0.3) is 0 Å². The second-order valence-corrected chi connectivity index (χ2v) is 5.27. The van der Waals surface area contributed by atoms with Crippen molar-refractivity contribution in [2.24, 2.45) is 0 Å². The minimum absolute atomic E-state index is 0.209. The summed E-state index contributed by atoms with van der Waals surface area (Å²) >= 11 is 0. The molecule has 1 heterocycles. The molecule has 0 radical (unpaired) electrons. The van der Waals surface area contributed by atoms with Gasteiger partial charge in [-0.25, -0.2) is 14.4 Å². The molecule has 120 valence electrons. The fraction of sp³-hybridized carbons (Fsp3) is 0.750. The first-order valence-corrected chi connectivity index (χ1v) is 7.00. The van der Waals surface area contributed by atoms with Gasteiger partial charge in [-0.1, -0.05) is 0 Å². The number of nitrogens with one attached hydrogen (secondary N) is 6. The van der Waals surface area contributed by atoms with E-state index in [4.69, 9.17) is 0 Å². The molecule has 1 fully saturated rings. The van der Waals surface area contributed by atoms with Crippen LogP contribution >= 0.6 is 0 Å². The molecule has 0 spiro atoms. The maximum atomic E-state index is 11.6. The van der Waals surface area contributed by atoms with Crippen LogP contribution in [0, 0.1) is 0 Å². The van der Waals surface area contributed by atoms with Crippen LogP contribution in [0.5, 0.6) is 0 Å². The Morgan fingerprint density at radius 3 is 1.10 bits per heavy atom. The summed E-state index contributed by atoms with van der Waals surface area (Å²) in [6.45, 7) is 6.29. The smallest absolute Gasteiger partial charge is 0.315 e. The van der Waals surface area contributed by atoms with Crippen molar-refractivity contribution in [3.05, 3.63) is 0 Å². The van der Waals surface area contributed by atoms with Crippen LogP contribution in [0.3, 0.4) is 0 Å². The lowest BCUT2D eigenvalue weighted by Crippen LogP contribution is -2.50. The van der Waals surface area contributed by atoms with E-state index in [-0.39, 0.29) is 36.2 Å². The fourth-order valence-corrected chi connectivity index (χ4v) is 1.71. The lowest BCUT2D eigenvalue weighted by atomic mass is 10.3. The van der Waals surface area contributed by atoms with Gasteiger partial charge in [-0.2, -0.15) is 0 Å². The molecule has 1 rings (SSSR count). The molecule has 0 aromatic rings. The van der Waals surface area contributed by atoms with Gasteiger partial charge in [0.1, 0.15) is 0 Å². The van der Waals surface area contributed by atoms with Gasteiger partial charge in [0.2, 0.25) is 0 Å². The Morgan fingerprint density at radius 1 is 0.619 bits per heavy atom. The summed E-state index contributed by atoms with van der Waals surface area (Å²) in [6.07, 6.45) is 0. The van der Waals surface area contributed by atoms with Gasteiger partial charge in [-0.15, -0.1) is 0 Å². The molecule has 9 nitrogen and oxygen atoms in total. The number of hydrogen-bond donors (Lipinski definition) is 6. The summed E-state index contributed by atoms with van der Waals surface area (Å²) < 4.78 is 0. The van der Waals surface area contributed by atoms with Gasteiger partial charge in [-0.05, 0) is 20.8 Å². The quantitative estimate of drug-likeness (QED) is 0.346. The van der Waals surface area contributed by atoms with E-state index in [2.05, 4.69) is 31.9 Å². The zero-order valence-corrected chi connectivity index (χ0v) is 12.6. The molecular formula is C12H24N6O3. The lowest BCUT2D eigenvalue weighted by Gasteiger charge is -2.17. The first-order chi connectivity index (χ1) is 9.86. The van der Waals surface area contributed by atoms with E-state index in [9.17, 15) is 14.4 Å². The first kappa shape index (κ1) is 16.9. The normalized spacial score (nSPS) is 29.3. The second kappa shape index (κ2) is 8.18. The lowest BCUT2D eigenvalue weighted by molar-refractivity contribution is 0.231. The molecular weight excluding hydrogens is 276 g/mol. The molecule has 1 unspecified atom stereocenters. The Bertz CT molecular complexity index is 332. The zero-order chi connectivity index (χ0) is 15.8. The monoisotopic (exact) mass is 300 g/mol. The van der Waals surface area contributed by atoms with Crippen LogP contribution in [-0.2, 0) is 0 Å². The van der Waals surface area contributed by atoms with E-state index in [1.165, 1.54) is 0 Å². The number of amides is 6. The third-order valence-corrected chi connectivity index (χ3v) is 2.84. The minimum atomic E-state index is -0.345. The zero-order valence-electron chi connectivity index (χ0n) is 12.6. The highest BCUT2D eigenvalue weighted by Gasteiger charge is 2.14. The largest absolute Gasteiger partial charge is 0.336 e. The molecule has 1 aliphatic heterocycles. The summed E-state index contributed by atoms with van der Waals surface area (Å²) in [7, 11) is 0. The van der Waals surface area contributed by atoms with E-state index >= 15 is 0 Å². The predicted octanol–water partition coefficient (Wildman–Crippen LogP) is -0.937. The van der Waals surface area contributed by atoms with Crippen molar-refractivity contribution in [1.82, 2.24) is 31.9 Å². The highest BCUT2D eigenvalue weighted by Crippen LogP contribution is 1.86. The van der Waals surface area contributed by atoms with E-state index < -0.39 is 0 Å². The molecule has 0 saturated carbocycles. The fourth-order valence-electron chi connectivity index (χ4n) is 1.71. The molecule has 1 aliphatic rings. The molecule has 1 saturated heterocycles. The van der Waals surface area contributed by atoms with Crippen molar-refractivity contribution < 1.29 is 14.4 Å². The van der Waals surface area contributed by atoms with Crippen LogP contribution in [0.15, 0.2) is 0 Å². The van der Waals surface area contributed by atoms with Crippen molar-refractivity contribution in [1.29, 1.82) is 0 Å². The van der Waals surface area contributed by atoms with E-state index in [0.717, 1.165) is 0 Å². The molecule has 0 bridgehead atoms. The summed E-state index contributed by atoms with van der Waals surface area (Å²) in [6, 6.07) is -1.66. The van der Waals surface area contributed by atoms with Crippen LogP contribution in [0.4, 0.5) is 14.4 Å². The second-order valence-electron chi connectivity index (χ2n) is 5.27. The maximum Gasteiger partial charge on any atom is 0.315 e. The van der Waals surface area contributed by atoms with Crippen LogP contribution < -0.4 is 31.9 Å². The van der Waals surface area contributed by atoms with Crippen molar-refractivity contribution in [3.8, 4) is 0 Å². The average molecular weight is 300 g/mol. The van der Waals surface area contributed by atoms with Gasteiger partial charge >= 0.3 is 18.1 Å². The Labute approximate surface area is 124 Å². The molecule has 6 N–H and O–H groups in total. The highest BCUT2D eigenvalue weighted by molar-refractivity contribution is 5.77. The number of urea groups is 3. The number of hydrogen-bond acceptors (Lipinski definition) is 3. The van der Waals surface area contributed by atoms with Gasteiger partial charge in [0, 0.05) is 37.8 Å². The summed E-state index contributed by atoms with van der Waals surface area (Å²) in [4.78, 5) is 34.8. The Kier molecular flexibility index (Phi) is 6.57. The number of rotatable bonds is 0. The topological polar surface area (TPSA) is 123 Å². The Balaban J connectivity index is 2.61. The Hall–Kier alpha value is -2.19. The molecule has 0 aromatic carbocycles. The Morgan fingerprint density at radius 2 is 0.857 bits per heavy atom. The standard InChI is InChI=1S/C12H24N6O3/c1-7-4-13-11(20)17-9(3)6-15-12(21)18-8(2)5-14-10(19)16-7/h7-9H,4-6H2,1-3H3,(H2,14,16,19)(H2,13,17,20)(H2,15,18,21)/t7-,8-,9?/m0/s1. The predicted molar refractivity (Wildman–Crippen MR) is 78.0 cm³/mol. The maximum absolute atomic E-state index is 11.6. The van der Waals surface area contributed by atoms with Crippen molar-refractivity contribution >= 4 is 18.1 Å². The molecule has 21 heavy (non-hydrogen) atoms. The molecule has 3 atom stereocenters. The van der Waals surface area contributed by atoms with Crippen molar-refractivity contribution in [2.75, 3.05) is 19.6 Å². The van der Waals surface area contributed by atoms with Gasteiger partial charge in [0.05, 0.1) is 0 Å². The summed E-state index contributed by atoms with van der Waals surface area (Å²) in [5.74, 6) is 0. The van der Waals surface area contributed by atoms with E-state index in [1.807, 2.05) is 0 Å². The van der Waals surface area contributed by atoms with Crippen LogP contribution in [0.2, 0.25) is 0 Å². The number of carbonyl (C=O) groups excluding carboxylic acids is 3. The van der Waals surface area contributed by atoms with Crippen molar-refractivity contribution in [2.45, 2.75) is 38.9 Å². The van der Waals surface area contributed by atoms with Gasteiger partial charge in [0.15, 0.2) is 0 Å². The van der Waals surface area contributed by atoms with Gasteiger partial charge in [0.25, 0.3) is 0 Å². The van der Waals surface area contributed by atoms with Crippen LogP contribution in [0.1, 0.15) is 20.8 Å². The van der Waals surface area contributed by atoms with E-state index in [1.54, 1.807) is 20.8 Å². The van der Waals surface area contributed by atoms with E-state index in [0.29, 0.717) is 19.6 Å². The van der Waals surface area contributed by atoms with Crippen molar-refractivity contribution in [3.63, 3.8) is 0 Å². The minimum Gasteiger partial charge on any atom is -0.336 e. The summed E-state index contributed by atoms with van der Waals surface area (Å²) in [5.41, 5.74) is 0. The first-order valence-electron chi connectivity index (χ1n) is 7.00. The van der Waals surface area contributed by atoms with Crippen LogP contribution in [-0.4, -0.2) is 55.9 Å².